The van der Waals surface area contributed by atoms with Crippen molar-refractivity contribution in [2.45, 2.75) is 96.5 Å². The maximum absolute atomic E-state index is 10.0. The molecule has 24 heavy (non-hydrogen) atoms. The van der Waals surface area contributed by atoms with Crippen LogP contribution in [-0.4, -0.2) is 17.8 Å². The van der Waals surface area contributed by atoms with Crippen LogP contribution in [0.3, 0.4) is 0 Å². The Morgan fingerprint density at radius 1 is 0.750 bits per heavy atom. The largest absolute Gasteiger partial charge is 0.494 e. The van der Waals surface area contributed by atoms with Crippen LogP contribution in [0.5, 0.6) is 5.75 Å². The normalized spacial score (nSPS) is 12.2. The van der Waals surface area contributed by atoms with Crippen molar-refractivity contribution < 1.29 is 9.84 Å². The molecule has 0 amide bonds. The predicted octanol–water partition coefficient (Wildman–Crippen LogP) is 6.52. The van der Waals surface area contributed by atoms with E-state index >= 15 is 0 Å². The van der Waals surface area contributed by atoms with Crippen molar-refractivity contribution in [3.63, 3.8) is 0 Å². The summed E-state index contributed by atoms with van der Waals surface area (Å²) in [6.45, 7) is 3.05. The van der Waals surface area contributed by atoms with E-state index in [9.17, 15) is 5.11 Å². The van der Waals surface area contributed by atoms with Crippen LogP contribution in [0.2, 0.25) is 0 Å². The Bertz CT molecular complexity index is 363. The van der Waals surface area contributed by atoms with Crippen LogP contribution in [0.1, 0.15) is 90.4 Å². The Hall–Kier alpha value is -1.02. The van der Waals surface area contributed by atoms with E-state index in [1.54, 1.807) is 0 Å². The number of unbranched alkanes of at least 4 members (excludes halogenated alkanes) is 9. The molecule has 0 saturated carbocycles. The van der Waals surface area contributed by atoms with E-state index in [-0.39, 0.29) is 6.10 Å². The Balaban J connectivity index is 1.81. The Labute approximate surface area is 149 Å². The highest BCUT2D eigenvalue weighted by molar-refractivity contribution is 5.20. The van der Waals surface area contributed by atoms with E-state index in [1.807, 2.05) is 30.3 Å². The molecule has 0 aliphatic rings. The second-order valence-electron chi connectivity index (χ2n) is 6.93. The first-order chi connectivity index (χ1) is 11.8. The van der Waals surface area contributed by atoms with Crippen molar-refractivity contribution in [1.82, 2.24) is 0 Å². The van der Waals surface area contributed by atoms with Gasteiger partial charge in [-0.05, 0) is 31.4 Å². The number of para-hydroxylation sites is 1. The molecular formula is C22H38O2. The lowest BCUT2D eigenvalue weighted by molar-refractivity contribution is 0.147. The van der Waals surface area contributed by atoms with Gasteiger partial charge in [0.2, 0.25) is 0 Å². The first-order valence-electron chi connectivity index (χ1n) is 10.2. The molecule has 0 spiro atoms. The maximum Gasteiger partial charge on any atom is 0.119 e. The van der Waals surface area contributed by atoms with Gasteiger partial charge in [-0.3, -0.25) is 0 Å². The van der Waals surface area contributed by atoms with E-state index < -0.39 is 0 Å². The number of ether oxygens (including phenoxy) is 1. The highest BCUT2D eigenvalue weighted by Crippen LogP contribution is 2.14. The number of benzene rings is 1. The van der Waals surface area contributed by atoms with Gasteiger partial charge < -0.3 is 9.84 Å². The monoisotopic (exact) mass is 334 g/mol. The Morgan fingerprint density at radius 2 is 1.29 bits per heavy atom. The number of aliphatic hydroxyl groups excluding tert-OH is 1. The summed E-state index contributed by atoms with van der Waals surface area (Å²) in [4.78, 5) is 0. The number of aliphatic hydroxyl groups is 1. The van der Waals surface area contributed by atoms with Crippen LogP contribution in [0.25, 0.3) is 0 Å². The molecule has 2 nitrogen and oxygen atoms in total. The average molecular weight is 335 g/mol. The number of rotatable bonds is 16. The molecule has 1 aromatic carbocycles. The molecule has 138 valence electrons. The fourth-order valence-corrected chi connectivity index (χ4v) is 3.02. The van der Waals surface area contributed by atoms with Gasteiger partial charge in [0.25, 0.3) is 0 Å². The van der Waals surface area contributed by atoms with Crippen molar-refractivity contribution in [3.8, 4) is 5.75 Å². The summed E-state index contributed by atoms with van der Waals surface area (Å²) in [5.74, 6) is 0.961. The van der Waals surface area contributed by atoms with Gasteiger partial charge in [0.05, 0.1) is 12.7 Å². The molecular weight excluding hydrogens is 296 g/mol. The Morgan fingerprint density at radius 3 is 1.92 bits per heavy atom. The molecule has 1 unspecified atom stereocenters. The van der Waals surface area contributed by atoms with E-state index in [2.05, 4.69) is 6.92 Å². The van der Waals surface area contributed by atoms with Crippen molar-refractivity contribution in [2.24, 2.45) is 0 Å². The molecule has 0 aromatic heterocycles. The van der Waals surface area contributed by atoms with Gasteiger partial charge >= 0.3 is 0 Å². The second-order valence-corrected chi connectivity index (χ2v) is 6.93. The summed E-state index contributed by atoms with van der Waals surface area (Å²) in [5.41, 5.74) is 0. The molecule has 1 rings (SSSR count). The van der Waals surface area contributed by atoms with Crippen LogP contribution >= 0.6 is 0 Å². The maximum atomic E-state index is 10.0. The molecule has 0 heterocycles. The van der Waals surface area contributed by atoms with Crippen LogP contribution in [0.15, 0.2) is 30.3 Å². The molecule has 0 radical (unpaired) electrons. The smallest absolute Gasteiger partial charge is 0.119 e. The van der Waals surface area contributed by atoms with Crippen molar-refractivity contribution >= 4 is 0 Å². The van der Waals surface area contributed by atoms with Gasteiger partial charge in [-0.25, -0.2) is 0 Å². The molecule has 0 aliphatic heterocycles. The summed E-state index contributed by atoms with van der Waals surface area (Å²) in [7, 11) is 0. The summed E-state index contributed by atoms with van der Waals surface area (Å²) in [6.07, 6.45) is 15.8. The Kier molecular flexibility index (Phi) is 13.6. The fraction of sp³-hybridized carbons (Fsp3) is 0.727. The number of hydrogen-bond donors (Lipinski definition) is 1. The topological polar surface area (TPSA) is 29.5 Å². The van der Waals surface area contributed by atoms with E-state index in [1.165, 1.54) is 57.8 Å². The highest BCUT2D eigenvalue weighted by atomic mass is 16.5. The zero-order chi connectivity index (χ0) is 17.3. The minimum atomic E-state index is -0.0822. The molecule has 1 aromatic rings. The second kappa shape index (κ2) is 15.5. The molecule has 0 fully saturated rings. The van der Waals surface area contributed by atoms with Crippen molar-refractivity contribution in [2.75, 3.05) is 6.61 Å². The van der Waals surface area contributed by atoms with Gasteiger partial charge in [0.15, 0.2) is 0 Å². The van der Waals surface area contributed by atoms with Gasteiger partial charge in [0.1, 0.15) is 5.75 Å². The van der Waals surface area contributed by atoms with E-state index in [0.29, 0.717) is 0 Å². The minimum Gasteiger partial charge on any atom is -0.494 e. The first kappa shape index (κ1) is 21.0. The average Bonchev–Trinajstić information content (AvgIpc) is 2.61. The van der Waals surface area contributed by atoms with E-state index in [0.717, 1.165) is 38.0 Å². The molecule has 0 bridgehead atoms. The molecule has 1 atom stereocenters. The van der Waals surface area contributed by atoms with Gasteiger partial charge in [0, 0.05) is 0 Å². The lowest BCUT2D eigenvalue weighted by Crippen LogP contribution is -2.06. The summed E-state index contributed by atoms with van der Waals surface area (Å²) < 4.78 is 5.68. The van der Waals surface area contributed by atoms with Crippen LogP contribution < -0.4 is 4.74 Å². The third kappa shape index (κ3) is 12.4. The standard InChI is InChI=1S/C22H38O2/c1-2-3-4-5-6-7-11-16-21(23)17-12-8-9-15-20-24-22-18-13-10-14-19-22/h10,13-14,18-19,21,23H,2-9,11-12,15-17,20H2,1H3. The summed E-state index contributed by atoms with van der Waals surface area (Å²) >= 11 is 0. The van der Waals surface area contributed by atoms with E-state index in [4.69, 9.17) is 4.74 Å². The summed E-state index contributed by atoms with van der Waals surface area (Å²) in [6, 6.07) is 10.0. The number of hydrogen-bond acceptors (Lipinski definition) is 2. The molecule has 2 heteroatoms. The quantitative estimate of drug-likeness (QED) is 0.349. The van der Waals surface area contributed by atoms with Crippen molar-refractivity contribution in [3.05, 3.63) is 30.3 Å². The van der Waals surface area contributed by atoms with Gasteiger partial charge in [-0.15, -0.1) is 0 Å². The third-order valence-electron chi connectivity index (χ3n) is 4.58. The minimum absolute atomic E-state index is 0.0822. The molecule has 0 aliphatic carbocycles. The predicted molar refractivity (Wildman–Crippen MR) is 104 cm³/mol. The molecule has 0 saturated heterocycles. The van der Waals surface area contributed by atoms with Crippen molar-refractivity contribution in [1.29, 1.82) is 0 Å². The zero-order valence-electron chi connectivity index (χ0n) is 15.7. The zero-order valence-corrected chi connectivity index (χ0v) is 15.7. The summed E-state index contributed by atoms with van der Waals surface area (Å²) in [5, 5.41) is 10.0. The van der Waals surface area contributed by atoms with Crippen LogP contribution in [0.4, 0.5) is 0 Å². The van der Waals surface area contributed by atoms with Crippen LogP contribution in [0, 0.1) is 0 Å². The molecule has 1 N–H and O–H groups in total. The highest BCUT2D eigenvalue weighted by Gasteiger charge is 2.03. The van der Waals surface area contributed by atoms with Gasteiger partial charge in [-0.2, -0.15) is 0 Å². The third-order valence-corrected chi connectivity index (χ3v) is 4.58. The van der Waals surface area contributed by atoms with Crippen LogP contribution in [-0.2, 0) is 0 Å². The lowest BCUT2D eigenvalue weighted by atomic mass is 10.0. The SMILES string of the molecule is CCCCCCCCCC(O)CCCCCCOc1ccccc1. The first-order valence-corrected chi connectivity index (χ1v) is 10.2. The lowest BCUT2D eigenvalue weighted by Gasteiger charge is -2.10. The fourth-order valence-electron chi connectivity index (χ4n) is 3.02. The van der Waals surface area contributed by atoms with Gasteiger partial charge in [-0.1, -0.05) is 89.3 Å².